The minimum absolute atomic E-state index is 0.0260. The Labute approximate surface area is 188 Å². The van der Waals surface area contributed by atoms with Gasteiger partial charge in [-0.2, -0.15) is 4.98 Å². The van der Waals surface area contributed by atoms with Crippen molar-refractivity contribution in [1.29, 1.82) is 0 Å². The van der Waals surface area contributed by atoms with Crippen LogP contribution in [0.25, 0.3) is 11.4 Å². The first-order valence-electron chi connectivity index (χ1n) is 9.86. The molecule has 2 aromatic carbocycles. The van der Waals surface area contributed by atoms with Gasteiger partial charge in [-0.15, -0.1) is 0 Å². The molecule has 1 amide bonds. The number of rotatable bonds is 6. The Morgan fingerprint density at radius 3 is 2.53 bits per heavy atom. The minimum Gasteiger partial charge on any atom is -0.497 e. The van der Waals surface area contributed by atoms with Crippen molar-refractivity contribution < 1.29 is 14.1 Å². The molecular formula is C22H23IN4O3. The number of piperidine rings is 1. The first kappa shape index (κ1) is 20.8. The average Bonchev–Trinajstić information content (AvgIpc) is 3.24. The molecule has 7 nitrogen and oxygen atoms in total. The summed E-state index contributed by atoms with van der Waals surface area (Å²) in [5, 5.41) is 7.11. The maximum absolute atomic E-state index is 12.5. The number of ether oxygens (including phenoxy) is 1. The molecule has 0 unspecified atom stereocenters. The Kier molecular flexibility index (Phi) is 6.63. The van der Waals surface area contributed by atoms with E-state index in [1.807, 2.05) is 48.5 Å². The van der Waals surface area contributed by atoms with Gasteiger partial charge in [-0.25, -0.2) is 0 Å². The summed E-state index contributed by atoms with van der Waals surface area (Å²) in [5.74, 6) is 2.06. The minimum atomic E-state index is 0.0260. The Bertz CT molecular complexity index is 980. The van der Waals surface area contributed by atoms with E-state index in [9.17, 15) is 4.79 Å². The van der Waals surface area contributed by atoms with Crippen LogP contribution in [0.15, 0.2) is 53.1 Å². The normalized spacial score (nSPS) is 15.1. The van der Waals surface area contributed by atoms with Crippen LogP contribution in [0.5, 0.6) is 5.75 Å². The predicted molar refractivity (Wildman–Crippen MR) is 122 cm³/mol. The molecule has 0 saturated carbocycles. The summed E-state index contributed by atoms with van der Waals surface area (Å²) >= 11 is 2.25. The van der Waals surface area contributed by atoms with E-state index < -0.39 is 0 Å². The zero-order chi connectivity index (χ0) is 20.9. The van der Waals surface area contributed by atoms with Crippen LogP contribution in [0.3, 0.4) is 0 Å². The van der Waals surface area contributed by atoms with Crippen molar-refractivity contribution in [2.24, 2.45) is 5.92 Å². The zero-order valence-corrected chi connectivity index (χ0v) is 18.8. The number of likely N-dealkylation sites (tertiary alicyclic amines) is 1. The van der Waals surface area contributed by atoms with Crippen molar-refractivity contribution in [3.63, 3.8) is 0 Å². The van der Waals surface area contributed by atoms with Crippen molar-refractivity contribution in [2.75, 3.05) is 25.5 Å². The molecule has 156 valence electrons. The van der Waals surface area contributed by atoms with Crippen molar-refractivity contribution in [3.05, 3.63) is 58.0 Å². The van der Waals surface area contributed by atoms with E-state index in [1.54, 1.807) is 7.11 Å². The lowest BCUT2D eigenvalue weighted by Crippen LogP contribution is -2.37. The van der Waals surface area contributed by atoms with Gasteiger partial charge in [0.25, 0.3) is 0 Å². The van der Waals surface area contributed by atoms with E-state index in [4.69, 9.17) is 9.26 Å². The highest BCUT2D eigenvalue weighted by Crippen LogP contribution is 2.23. The Morgan fingerprint density at radius 2 is 1.87 bits per heavy atom. The number of nitrogens with one attached hydrogen (secondary N) is 1. The standard InChI is InChI=1S/C22H23IN4O3/c1-29-19-8-2-15(3-9-19)21-25-20(30-26-21)14-27-12-10-16(11-13-27)22(28)24-18-6-4-17(23)5-7-18/h2-9,16H,10-14H2,1H3,(H,24,28). The Balaban J connectivity index is 1.28. The van der Waals surface area contributed by atoms with Crippen LogP contribution in [-0.2, 0) is 11.3 Å². The third-order valence-corrected chi connectivity index (χ3v) is 5.96. The molecule has 1 saturated heterocycles. The SMILES string of the molecule is COc1ccc(-c2noc(CN3CCC(C(=O)Nc4ccc(I)cc4)CC3)n2)cc1. The monoisotopic (exact) mass is 518 g/mol. The number of anilines is 1. The van der Waals surface area contributed by atoms with Crippen molar-refractivity contribution >= 4 is 34.2 Å². The molecule has 1 aromatic heterocycles. The topological polar surface area (TPSA) is 80.5 Å². The van der Waals surface area contributed by atoms with Gasteiger partial charge in [0.05, 0.1) is 13.7 Å². The molecule has 0 radical (unpaired) electrons. The summed E-state index contributed by atoms with van der Waals surface area (Å²) in [6.45, 7) is 2.24. The van der Waals surface area contributed by atoms with E-state index in [-0.39, 0.29) is 11.8 Å². The summed E-state index contributed by atoms with van der Waals surface area (Å²) in [6.07, 6.45) is 1.63. The maximum atomic E-state index is 12.5. The molecule has 8 heteroatoms. The van der Waals surface area contributed by atoms with Gasteiger partial charge < -0.3 is 14.6 Å². The fourth-order valence-corrected chi connectivity index (χ4v) is 3.86. The summed E-state index contributed by atoms with van der Waals surface area (Å²) in [5.41, 5.74) is 1.73. The van der Waals surface area contributed by atoms with Crippen LogP contribution in [0.4, 0.5) is 5.69 Å². The highest BCUT2D eigenvalue weighted by Gasteiger charge is 2.26. The van der Waals surface area contributed by atoms with Gasteiger partial charge in [-0.1, -0.05) is 5.16 Å². The molecule has 1 fully saturated rings. The highest BCUT2D eigenvalue weighted by molar-refractivity contribution is 14.1. The van der Waals surface area contributed by atoms with E-state index in [2.05, 4.69) is 42.9 Å². The number of aromatic nitrogens is 2. The lowest BCUT2D eigenvalue weighted by molar-refractivity contribution is -0.121. The summed E-state index contributed by atoms with van der Waals surface area (Å²) < 4.78 is 11.7. The molecular weight excluding hydrogens is 495 g/mol. The molecule has 3 aromatic rings. The molecule has 1 aliphatic rings. The number of benzene rings is 2. The second kappa shape index (κ2) is 9.57. The van der Waals surface area contributed by atoms with Crippen LogP contribution in [0.2, 0.25) is 0 Å². The number of carbonyl (C=O) groups excluding carboxylic acids is 1. The molecule has 0 aliphatic carbocycles. The Morgan fingerprint density at radius 1 is 1.17 bits per heavy atom. The number of methoxy groups -OCH3 is 1. The lowest BCUT2D eigenvalue weighted by atomic mass is 9.96. The molecule has 0 bridgehead atoms. The largest absolute Gasteiger partial charge is 0.497 e. The summed E-state index contributed by atoms with van der Waals surface area (Å²) in [4.78, 5) is 19.3. The number of carbonyl (C=O) groups is 1. The first-order valence-corrected chi connectivity index (χ1v) is 10.9. The number of amides is 1. The van der Waals surface area contributed by atoms with Crippen LogP contribution < -0.4 is 10.1 Å². The fraction of sp³-hybridized carbons (Fsp3) is 0.318. The fourth-order valence-electron chi connectivity index (χ4n) is 3.50. The third-order valence-electron chi connectivity index (χ3n) is 5.25. The summed E-state index contributed by atoms with van der Waals surface area (Å²) in [7, 11) is 1.64. The zero-order valence-electron chi connectivity index (χ0n) is 16.7. The van der Waals surface area contributed by atoms with Gasteiger partial charge in [0.2, 0.25) is 17.6 Å². The predicted octanol–water partition coefficient (Wildman–Crippen LogP) is 4.20. The second-order valence-corrected chi connectivity index (χ2v) is 8.53. The molecule has 1 aliphatic heterocycles. The van der Waals surface area contributed by atoms with Crippen LogP contribution in [0.1, 0.15) is 18.7 Å². The number of halogens is 1. The maximum Gasteiger partial charge on any atom is 0.241 e. The molecule has 30 heavy (non-hydrogen) atoms. The van der Waals surface area contributed by atoms with Crippen LogP contribution in [0, 0.1) is 9.49 Å². The van der Waals surface area contributed by atoms with E-state index >= 15 is 0 Å². The smallest absolute Gasteiger partial charge is 0.241 e. The average molecular weight is 518 g/mol. The highest BCUT2D eigenvalue weighted by atomic mass is 127. The van der Waals surface area contributed by atoms with Crippen LogP contribution in [-0.4, -0.2) is 41.1 Å². The third kappa shape index (κ3) is 5.17. The molecule has 4 rings (SSSR count). The van der Waals surface area contributed by atoms with Gasteiger partial charge in [0.15, 0.2) is 0 Å². The molecule has 0 atom stereocenters. The van der Waals surface area contributed by atoms with E-state index in [0.29, 0.717) is 18.3 Å². The van der Waals surface area contributed by atoms with Gasteiger partial charge >= 0.3 is 0 Å². The van der Waals surface area contributed by atoms with Crippen molar-refractivity contribution in [1.82, 2.24) is 15.0 Å². The van der Waals surface area contributed by atoms with Crippen molar-refractivity contribution in [2.45, 2.75) is 19.4 Å². The van der Waals surface area contributed by atoms with E-state index in [0.717, 1.165) is 46.5 Å². The lowest BCUT2D eigenvalue weighted by Gasteiger charge is -2.30. The Hall–Kier alpha value is -2.46. The molecule has 2 heterocycles. The van der Waals surface area contributed by atoms with Gasteiger partial charge in [0.1, 0.15) is 5.75 Å². The van der Waals surface area contributed by atoms with Gasteiger partial charge in [-0.05, 0) is 97.1 Å². The second-order valence-electron chi connectivity index (χ2n) is 7.29. The quantitative estimate of drug-likeness (QED) is 0.493. The first-order chi connectivity index (χ1) is 14.6. The molecule has 0 spiro atoms. The van der Waals surface area contributed by atoms with Crippen molar-refractivity contribution in [3.8, 4) is 17.1 Å². The number of hydrogen-bond donors (Lipinski definition) is 1. The van der Waals surface area contributed by atoms with Crippen LogP contribution >= 0.6 is 22.6 Å². The number of nitrogens with zero attached hydrogens (tertiary/aromatic N) is 3. The molecule has 1 N–H and O–H groups in total. The summed E-state index contributed by atoms with van der Waals surface area (Å²) in [6, 6.07) is 15.4. The van der Waals surface area contributed by atoms with E-state index in [1.165, 1.54) is 0 Å². The van der Waals surface area contributed by atoms with Gasteiger partial charge in [0, 0.05) is 20.7 Å². The number of hydrogen-bond acceptors (Lipinski definition) is 6. The van der Waals surface area contributed by atoms with Gasteiger partial charge in [-0.3, -0.25) is 9.69 Å².